The fourth-order valence-electron chi connectivity index (χ4n) is 1.48. The van der Waals surface area contributed by atoms with Crippen LogP contribution in [0.4, 0.5) is 0 Å². The highest BCUT2D eigenvalue weighted by Crippen LogP contribution is 2.38. The van der Waals surface area contributed by atoms with Crippen LogP contribution >= 0.6 is 11.3 Å². The molecular formula is C10H5NO2S. The molecule has 0 N–H and O–H groups in total. The van der Waals surface area contributed by atoms with Gasteiger partial charge in [-0.15, -0.1) is 11.3 Å². The summed E-state index contributed by atoms with van der Waals surface area (Å²) < 4.78 is 11.6. The van der Waals surface area contributed by atoms with E-state index in [0.717, 1.165) is 21.6 Å². The van der Waals surface area contributed by atoms with Crippen LogP contribution in [0.25, 0.3) is 10.1 Å². The van der Waals surface area contributed by atoms with Crippen LogP contribution in [0.15, 0.2) is 18.2 Å². The van der Waals surface area contributed by atoms with E-state index < -0.39 is 0 Å². The van der Waals surface area contributed by atoms with Gasteiger partial charge in [-0.05, 0) is 17.5 Å². The van der Waals surface area contributed by atoms with Crippen LogP contribution in [-0.2, 0) is 0 Å². The molecule has 1 aliphatic rings. The van der Waals surface area contributed by atoms with Gasteiger partial charge in [-0.3, -0.25) is 0 Å². The highest BCUT2D eigenvalue weighted by Gasteiger charge is 2.15. The Hall–Kier alpha value is -1.73. The van der Waals surface area contributed by atoms with Gasteiger partial charge in [-0.25, -0.2) is 0 Å². The van der Waals surface area contributed by atoms with Crippen LogP contribution in [0.3, 0.4) is 0 Å². The smallest absolute Gasteiger partial charge is 0.231 e. The number of hydrogen-bond donors (Lipinski definition) is 0. The van der Waals surface area contributed by atoms with Crippen molar-refractivity contribution in [1.29, 1.82) is 5.26 Å². The number of nitriles is 1. The summed E-state index contributed by atoms with van der Waals surface area (Å²) >= 11 is 1.47. The third-order valence-corrected chi connectivity index (χ3v) is 3.12. The standard InChI is InChI=1S/C10H5NO2S/c11-4-7-1-6-2-8-9(13-5-12-8)3-10(6)14-7/h1-3H,5H2. The molecule has 0 bridgehead atoms. The van der Waals surface area contributed by atoms with E-state index >= 15 is 0 Å². The Kier molecular flexibility index (Phi) is 1.44. The van der Waals surface area contributed by atoms with E-state index in [0.29, 0.717) is 4.88 Å². The molecule has 0 spiro atoms. The summed E-state index contributed by atoms with van der Waals surface area (Å²) in [6, 6.07) is 7.82. The van der Waals surface area contributed by atoms with E-state index in [4.69, 9.17) is 14.7 Å². The summed E-state index contributed by atoms with van der Waals surface area (Å²) in [6.07, 6.45) is 0. The van der Waals surface area contributed by atoms with Crippen molar-refractivity contribution in [2.45, 2.75) is 0 Å². The van der Waals surface area contributed by atoms with Crippen molar-refractivity contribution < 1.29 is 9.47 Å². The van der Waals surface area contributed by atoms with Crippen molar-refractivity contribution in [3.63, 3.8) is 0 Å². The summed E-state index contributed by atoms with van der Waals surface area (Å²) in [5.74, 6) is 1.53. The predicted octanol–water partition coefficient (Wildman–Crippen LogP) is 2.50. The molecule has 4 heteroatoms. The molecule has 1 aromatic carbocycles. The molecule has 0 saturated heterocycles. The lowest BCUT2D eigenvalue weighted by Gasteiger charge is -1.94. The number of ether oxygens (including phenoxy) is 2. The third-order valence-electron chi connectivity index (χ3n) is 2.12. The Morgan fingerprint density at radius 1 is 1.21 bits per heavy atom. The lowest BCUT2D eigenvalue weighted by atomic mass is 10.2. The molecule has 0 aliphatic carbocycles. The summed E-state index contributed by atoms with van der Waals surface area (Å²) in [4.78, 5) is 0.712. The lowest BCUT2D eigenvalue weighted by Crippen LogP contribution is -1.92. The van der Waals surface area contributed by atoms with Crippen LogP contribution < -0.4 is 9.47 Å². The second kappa shape index (κ2) is 2.63. The maximum atomic E-state index is 8.75. The van der Waals surface area contributed by atoms with Crippen molar-refractivity contribution in [2.24, 2.45) is 0 Å². The monoisotopic (exact) mass is 203 g/mol. The maximum Gasteiger partial charge on any atom is 0.231 e. The fraction of sp³-hybridized carbons (Fsp3) is 0.100. The van der Waals surface area contributed by atoms with Crippen LogP contribution in [0.2, 0.25) is 0 Å². The highest BCUT2D eigenvalue weighted by molar-refractivity contribution is 7.19. The molecule has 0 amide bonds. The molecule has 0 fully saturated rings. The number of fused-ring (bicyclic) bond motifs is 2. The van der Waals surface area contributed by atoms with E-state index in [1.807, 2.05) is 18.2 Å². The molecule has 0 unspecified atom stereocenters. The van der Waals surface area contributed by atoms with E-state index in [1.165, 1.54) is 11.3 Å². The minimum absolute atomic E-state index is 0.289. The highest BCUT2D eigenvalue weighted by atomic mass is 32.1. The first-order valence-corrected chi connectivity index (χ1v) is 4.92. The van der Waals surface area contributed by atoms with Crippen molar-refractivity contribution in [3.05, 3.63) is 23.1 Å². The first-order valence-electron chi connectivity index (χ1n) is 4.10. The number of thiophene rings is 1. The molecule has 0 saturated carbocycles. The van der Waals surface area contributed by atoms with Crippen LogP contribution in [-0.4, -0.2) is 6.79 Å². The summed E-state index contributed by atoms with van der Waals surface area (Å²) in [7, 11) is 0. The molecule has 14 heavy (non-hydrogen) atoms. The fourth-order valence-corrected chi connectivity index (χ4v) is 2.35. The Labute approximate surface area is 84.1 Å². The second-order valence-corrected chi connectivity index (χ2v) is 4.05. The normalized spacial score (nSPS) is 13.1. The van der Waals surface area contributed by atoms with Gasteiger partial charge in [0.2, 0.25) is 6.79 Å². The zero-order valence-corrected chi connectivity index (χ0v) is 7.93. The quantitative estimate of drug-likeness (QED) is 0.660. The van der Waals surface area contributed by atoms with E-state index in [9.17, 15) is 0 Å². The molecular weight excluding hydrogens is 198 g/mol. The largest absolute Gasteiger partial charge is 0.454 e. The van der Waals surface area contributed by atoms with Gasteiger partial charge < -0.3 is 9.47 Å². The van der Waals surface area contributed by atoms with E-state index in [1.54, 1.807) is 0 Å². The van der Waals surface area contributed by atoms with Gasteiger partial charge in [0.05, 0.1) is 0 Å². The molecule has 68 valence electrons. The average Bonchev–Trinajstić information content (AvgIpc) is 2.77. The number of rotatable bonds is 0. The van der Waals surface area contributed by atoms with Gasteiger partial charge in [-0.1, -0.05) is 0 Å². The van der Waals surface area contributed by atoms with Gasteiger partial charge in [0, 0.05) is 10.8 Å². The summed E-state index contributed by atoms with van der Waals surface area (Å²) in [5, 5.41) is 9.78. The third kappa shape index (κ3) is 0.963. The lowest BCUT2D eigenvalue weighted by molar-refractivity contribution is 0.174. The average molecular weight is 203 g/mol. The SMILES string of the molecule is N#Cc1cc2cc3c(cc2s1)OCO3. The zero-order chi connectivity index (χ0) is 9.54. The van der Waals surface area contributed by atoms with Crippen LogP contribution in [0.5, 0.6) is 11.5 Å². The zero-order valence-electron chi connectivity index (χ0n) is 7.11. The van der Waals surface area contributed by atoms with Crippen LogP contribution in [0, 0.1) is 11.3 Å². The molecule has 1 aliphatic heterocycles. The van der Waals surface area contributed by atoms with Gasteiger partial charge in [-0.2, -0.15) is 5.26 Å². The summed E-state index contributed by atoms with van der Waals surface area (Å²) in [6.45, 7) is 0.289. The molecule has 0 atom stereocenters. The number of nitrogens with zero attached hydrogens (tertiary/aromatic N) is 1. The van der Waals surface area contributed by atoms with Crippen molar-refractivity contribution in [1.82, 2.24) is 0 Å². The Morgan fingerprint density at radius 3 is 2.79 bits per heavy atom. The van der Waals surface area contributed by atoms with Crippen molar-refractivity contribution in [2.75, 3.05) is 6.79 Å². The van der Waals surface area contributed by atoms with Gasteiger partial charge in [0.1, 0.15) is 10.9 Å². The summed E-state index contributed by atoms with van der Waals surface area (Å²) in [5.41, 5.74) is 0. The Morgan fingerprint density at radius 2 is 2.00 bits per heavy atom. The topological polar surface area (TPSA) is 42.2 Å². The Bertz CT molecular complexity index is 512. The van der Waals surface area contributed by atoms with E-state index in [-0.39, 0.29) is 6.79 Å². The first kappa shape index (κ1) is 7.65. The van der Waals surface area contributed by atoms with Gasteiger partial charge in [0.25, 0.3) is 0 Å². The number of benzene rings is 1. The molecule has 3 rings (SSSR count). The molecule has 3 nitrogen and oxygen atoms in total. The van der Waals surface area contributed by atoms with Crippen LogP contribution in [0.1, 0.15) is 4.88 Å². The van der Waals surface area contributed by atoms with Crippen molar-refractivity contribution >= 4 is 21.4 Å². The van der Waals surface area contributed by atoms with Crippen molar-refractivity contribution in [3.8, 4) is 17.6 Å². The molecule has 2 heterocycles. The predicted molar refractivity (Wildman–Crippen MR) is 52.7 cm³/mol. The van der Waals surface area contributed by atoms with Gasteiger partial charge >= 0.3 is 0 Å². The molecule has 2 aromatic rings. The van der Waals surface area contributed by atoms with Gasteiger partial charge in [0.15, 0.2) is 11.5 Å². The van der Waals surface area contributed by atoms with E-state index in [2.05, 4.69) is 6.07 Å². The minimum Gasteiger partial charge on any atom is -0.454 e. The first-order chi connectivity index (χ1) is 6.86. The Balaban J connectivity index is 2.31. The second-order valence-electron chi connectivity index (χ2n) is 2.97. The molecule has 1 aromatic heterocycles. The maximum absolute atomic E-state index is 8.75. The minimum atomic E-state index is 0.289. The number of hydrogen-bond acceptors (Lipinski definition) is 4. The molecule has 0 radical (unpaired) electrons.